The highest BCUT2D eigenvalue weighted by Crippen LogP contribution is 2.25. The van der Waals surface area contributed by atoms with Crippen LogP contribution in [-0.2, 0) is 9.53 Å². The molecule has 1 rings (SSSR count). The quantitative estimate of drug-likeness (QED) is 0.842. The highest BCUT2D eigenvalue weighted by molar-refractivity contribution is 5.85. The van der Waals surface area contributed by atoms with Crippen LogP contribution >= 0.6 is 12.4 Å². The molecule has 17 heavy (non-hydrogen) atoms. The number of nitrogens with two attached hydrogens (primary N) is 1. The molecule has 0 saturated heterocycles. The van der Waals surface area contributed by atoms with Crippen LogP contribution in [0.3, 0.4) is 0 Å². The van der Waals surface area contributed by atoms with E-state index in [-0.39, 0.29) is 30.1 Å². The summed E-state index contributed by atoms with van der Waals surface area (Å²) < 4.78 is 23.0. The molecular weight excluding hydrogens is 249 g/mol. The van der Waals surface area contributed by atoms with Gasteiger partial charge in [0.25, 0.3) is 0 Å². The molecule has 2 N–H and O–H groups in total. The van der Waals surface area contributed by atoms with Crippen LogP contribution in [-0.4, -0.2) is 20.2 Å². The lowest BCUT2D eigenvalue weighted by atomic mass is 10.0. The highest BCUT2D eigenvalue weighted by atomic mass is 35.5. The van der Waals surface area contributed by atoms with Crippen LogP contribution in [0.4, 0.5) is 4.39 Å². The van der Waals surface area contributed by atoms with Gasteiger partial charge < -0.3 is 15.2 Å². The fourth-order valence-electron chi connectivity index (χ4n) is 1.34. The molecule has 0 aliphatic rings. The lowest BCUT2D eigenvalue weighted by Crippen LogP contribution is -2.17. The topological polar surface area (TPSA) is 61.5 Å². The van der Waals surface area contributed by atoms with Gasteiger partial charge in [-0.15, -0.1) is 12.4 Å². The fourth-order valence-corrected chi connectivity index (χ4v) is 1.34. The number of rotatable bonds is 4. The molecule has 0 unspecified atom stereocenters. The third-order valence-electron chi connectivity index (χ3n) is 2.23. The minimum absolute atomic E-state index is 0. The van der Waals surface area contributed by atoms with E-state index in [4.69, 9.17) is 10.5 Å². The normalized spacial score (nSPS) is 11.3. The van der Waals surface area contributed by atoms with Gasteiger partial charge >= 0.3 is 5.97 Å². The summed E-state index contributed by atoms with van der Waals surface area (Å²) in [6.07, 6.45) is -0.0689. The van der Waals surface area contributed by atoms with Crippen molar-refractivity contribution in [3.8, 4) is 5.75 Å². The Bertz CT molecular complexity index is 387. The molecule has 0 fully saturated rings. The lowest BCUT2D eigenvalue weighted by molar-refractivity contribution is -0.141. The molecule has 1 aromatic carbocycles. The first kappa shape index (κ1) is 15.7. The van der Waals surface area contributed by atoms with Gasteiger partial charge in [0, 0.05) is 11.6 Å². The number of ether oxygens (including phenoxy) is 2. The molecule has 4 nitrogen and oxygen atoms in total. The Kier molecular flexibility index (Phi) is 6.53. The van der Waals surface area contributed by atoms with Crippen molar-refractivity contribution < 1.29 is 18.7 Å². The average molecular weight is 264 g/mol. The maximum atomic E-state index is 13.7. The maximum absolute atomic E-state index is 13.7. The van der Waals surface area contributed by atoms with Crippen LogP contribution in [0.15, 0.2) is 18.2 Å². The molecule has 96 valence electrons. The van der Waals surface area contributed by atoms with Crippen LogP contribution < -0.4 is 10.5 Å². The number of esters is 1. The van der Waals surface area contributed by atoms with Gasteiger partial charge in [0.1, 0.15) is 0 Å². The number of hydrogen-bond donors (Lipinski definition) is 1. The maximum Gasteiger partial charge on any atom is 0.307 e. The molecule has 0 aliphatic heterocycles. The van der Waals surface area contributed by atoms with Crippen molar-refractivity contribution in [1.29, 1.82) is 0 Å². The van der Waals surface area contributed by atoms with E-state index >= 15 is 0 Å². The smallest absolute Gasteiger partial charge is 0.307 e. The first-order valence-electron chi connectivity index (χ1n) is 4.75. The first-order chi connectivity index (χ1) is 7.60. The SMILES string of the molecule is COC(=O)C[C@H](N)c1cccc(OC)c1F.Cl. The third-order valence-corrected chi connectivity index (χ3v) is 2.23. The van der Waals surface area contributed by atoms with E-state index in [1.165, 1.54) is 26.4 Å². The van der Waals surface area contributed by atoms with Gasteiger partial charge in [0.2, 0.25) is 0 Å². The second-order valence-electron chi connectivity index (χ2n) is 3.25. The van der Waals surface area contributed by atoms with Gasteiger partial charge in [-0.3, -0.25) is 4.79 Å². The number of methoxy groups -OCH3 is 2. The molecule has 0 radical (unpaired) electrons. The van der Waals surface area contributed by atoms with E-state index in [1.807, 2.05) is 0 Å². The van der Waals surface area contributed by atoms with E-state index in [1.54, 1.807) is 6.07 Å². The average Bonchev–Trinajstić information content (AvgIpc) is 2.29. The summed E-state index contributed by atoms with van der Waals surface area (Å²) in [5.74, 6) is -0.908. The third kappa shape index (κ3) is 3.87. The Morgan fingerprint density at radius 1 is 1.47 bits per heavy atom. The standard InChI is InChI=1S/C11H14FNO3.ClH/c1-15-9-5-3-4-7(11(9)12)8(13)6-10(14)16-2;/h3-5,8H,6,13H2,1-2H3;1H/t8-;/m0./s1. The summed E-state index contributed by atoms with van der Waals surface area (Å²) in [6, 6.07) is 3.89. The molecule has 1 atom stereocenters. The lowest BCUT2D eigenvalue weighted by Gasteiger charge is -2.13. The zero-order valence-corrected chi connectivity index (χ0v) is 10.4. The van der Waals surface area contributed by atoms with E-state index in [0.717, 1.165) is 0 Å². The molecule has 0 amide bonds. The van der Waals surface area contributed by atoms with Crippen LogP contribution in [0.5, 0.6) is 5.75 Å². The number of carbonyl (C=O) groups excluding carboxylic acids is 1. The van der Waals surface area contributed by atoms with Crippen molar-refractivity contribution in [1.82, 2.24) is 0 Å². The Balaban J connectivity index is 0.00000256. The predicted octanol–water partition coefficient (Wildman–Crippen LogP) is 1.82. The summed E-state index contributed by atoms with van der Waals surface area (Å²) in [4.78, 5) is 11.0. The van der Waals surface area contributed by atoms with Crippen LogP contribution in [0, 0.1) is 5.82 Å². The van der Waals surface area contributed by atoms with Crippen LogP contribution in [0.2, 0.25) is 0 Å². The minimum atomic E-state index is -0.734. The molecule has 6 heteroatoms. The van der Waals surface area contributed by atoms with Crippen molar-refractivity contribution >= 4 is 18.4 Å². The van der Waals surface area contributed by atoms with Crippen molar-refractivity contribution in [3.05, 3.63) is 29.6 Å². The number of benzene rings is 1. The molecule has 0 spiro atoms. The van der Waals surface area contributed by atoms with Gasteiger partial charge in [-0.2, -0.15) is 0 Å². The van der Waals surface area contributed by atoms with E-state index in [2.05, 4.69) is 4.74 Å². The second kappa shape index (κ2) is 7.09. The Labute approximate surface area is 105 Å². The van der Waals surface area contributed by atoms with Crippen molar-refractivity contribution in [2.75, 3.05) is 14.2 Å². The van der Waals surface area contributed by atoms with Crippen molar-refractivity contribution in [2.45, 2.75) is 12.5 Å². The van der Waals surface area contributed by atoms with Gasteiger partial charge in [-0.25, -0.2) is 4.39 Å². The Morgan fingerprint density at radius 3 is 2.65 bits per heavy atom. The molecule has 0 aliphatic carbocycles. The largest absolute Gasteiger partial charge is 0.494 e. The van der Waals surface area contributed by atoms with E-state index in [9.17, 15) is 9.18 Å². The first-order valence-corrected chi connectivity index (χ1v) is 4.75. The molecule has 0 saturated carbocycles. The fraction of sp³-hybridized carbons (Fsp3) is 0.364. The number of halogens is 2. The van der Waals surface area contributed by atoms with Gasteiger partial charge in [0.05, 0.1) is 20.6 Å². The van der Waals surface area contributed by atoms with Crippen molar-refractivity contribution in [3.63, 3.8) is 0 Å². The second-order valence-corrected chi connectivity index (χ2v) is 3.25. The molecule has 0 aromatic heterocycles. The summed E-state index contributed by atoms with van der Waals surface area (Å²) in [7, 11) is 2.63. The number of hydrogen-bond acceptors (Lipinski definition) is 4. The summed E-state index contributed by atoms with van der Waals surface area (Å²) >= 11 is 0. The predicted molar refractivity (Wildman–Crippen MR) is 63.8 cm³/mol. The monoisotopic (exact) mass is 263 g/mol. The highest BCUT2D eigenvalue weighted by Gasteiger charge is 2.18. The summed E-state index contributed by atoms with van der Waals surface area (Å²) in [5.41, 5.74) is 5.94. The summed E-state index contributed by atoms with van der Waals surface area (Å²) in [6.45, 7) is 0. The molecule has 0 heterocycles. The molecule has 0 bridgehead atoms. The zero-order valence-electron chi connectivity index (χ0n) is 9.60. The van der Waals surface area contributed by atoms with Crippen molar-refractivity contribution in [2.24, 2.45) is 5.73 Å². The minimum Gasteiger partial charge on any atom is -0.494 e. The molecular formula is C11H15ClFNO3. The van der Waals surface area contributed by atoms with Gasteiger partial charge in [-0.05, 0) is 6.07 Å². The zero-order chi connectivity index (χ0) is 12.1. The summed E-state index contributed by atoms with van der Waals surface area (Å²) in [5, 5.41) is 0. The molecule has 1 aromatic rings. The Hall–Kier alpha value is -1.33. The Morgan fingerprint density at radius 2 is 2.12 bits per heavy atom. The van der Waals surface area contributed by atoms with Gasteiger partial charge in [-0.1, -0.05) is 12.1 Å². The van der Waals surface area contributed by atoms with E-state index < -0.39 is 17.8 Å². The number of carbonyl (C=O) groups is 1. The van der Waals surface area contributed by atoms with Crippen LogP contribution in [0.1, 0.15) is 18.0 Å². The van der Waals surface area contributed by atoms with Crippen LogP contribution in [0.25, 0.3) is 0 Å². The van der Waals surface area contributed by atoms with E-state index in [0.29, 0.717) is 0 Å². The van der Waals surface area contributed by atoms with Gasteiger partial charge in [0.15, 0.2) is 11.6 Å².